The van der Waals surface area contributed by atoms with Crippen molar-refractivity contribution in [3.8, 4) is 5.75 Å². The molecule has 4 nitrogen and oxygen atoms in total. The van der Waals surface area contributed by atoms with E-state index in [2.05, 4.69) is 38.2 Å². The number of hydrogen-bond donors (Lipinski definition) is 1. The Morgan fingerprint density at radius 3 is 2.61 bits per heavy atom. The third-order valence-corrected chi connectivity index (χ3v) is 4.63. The second-order valence-corrected chi connectivity index (χ2v) is 6.49. The maximum Gasteiger partial charge on any atom is 0.225 e. The molecule has 1 amide bonds. The molecule has 1 aliphatic heterocycles. The Bertz CT molecular complexity index is 536. The fourth-order valence-corrected chi connectivity index (χ4v) is 3.12. The number of carbonyl (C=O) groups is 1. The van der Waals surface area contributed by atoms with Gasteiger partial charge in [-0.3, -0.25) is 4.79 Å². The number of piperazine rings is 1. The van der Waals surface area contributed by atoms with E-state index in [1.165, 1.54) is 16.7 Å². The Morgan fingerprint density at radius 1 is 1.26 bits per heavy atom. The largest absolute Gasteiger partial charge is 0.494 e. The van der Waals surface area contributed by atoms with Gasteiger partial charge >= 0.3 is 0 Å². The van der Waals surface area contributed by atoms with Crippen LogP contribution in [0.4, 0.5) is 0 Å². The molecular weight excluding hydrogens is 288 g/mol. The van der Waals surface area contributed by atoms with Gasteiger partial charge in [-0.25, -0.2) is 0 Å². The van der Waals surface area contributed by atoms with E-state index in [-0.39, 0.29) is 5.92 Å². The van der Waals surface area contributed by atoms with E-state index in [1.54, 1.807) is 0 Å². The van der Waals surface area contributed by atoms with Crippen LogP contribution in [0.3, 0.4) is 0 Å². The van der Waals surface area contributed by atoms with Crippen LogP contribution < -0.4 is 10.1 Å². The Hall–Kier alpha value is -1.55. The van der Waals surface area contributed by atoms with E-state index in [9.17, 15) is 4.79 Å². The minimum Gasteiger partial charge on any atom is -0.494 e. The highest BCUT2D eigenvalue weighted by Crippen LogP contribution is 2.25. The Morgan fingerprint density at radius 2 is 1.96 bits per heavy atom. The number of benzene rings is 1. The highest BCUT2D eigenvalue weighted by atomic mass is 16.5. The van der Waals surface area contributed by atoms with E-state index in [0.29, 0.717) is 12.5 Å². The lowest BCUT2D eigenvalue weighted by Crippen LogP contribution is -2.48. The lowest BCUT2D eigenvalue weighted by atomic mass is 9.95. The predicted octanol–water partition coefficient (Wildman–Crippen LogP) is 2.70. The van der Waals surface area contributed by atoms with Gasteiger partial charge in [0, 0.05) is 32.1 Å². The van der Waals surface area contributed by atoms with E-state index in [1.807, 2.05) is 11.8 Å². The Kier molecular flexibility index (Phi) is 6.46. The van der Waals surface area contributed by atoms with Crippen LogP contribution in [0, 0.1) is 19.8 Å². The number of aryl methyl sites for hydroxylation is 3. The van der Waals surface area contributed by atoms with Crippen LogP contribution in [0.1, 0.15) is 37.0 Å². The number of hydrogen-bond acceptors (Lipinski definition) is 3. The van der Waals surface area contributed by atoms with Gasteiger partial charge in [0.1, 0.15) is 5.75 Å². The second kappa shape index (κ2) is 8.34. The van der Waals surface area contributed by atoms with Crippen molar-refractivity contribution in [3.63, 3.8) is 0 Å². The topological polar surface area (TPSA) is 41.6 Å². The molecule has 128 valence electrons. The van der Waals surface area contributed by atoms with E-state index < -0.39 is 0 Å². The first-order valence-corrected chi connectivity index (χ1v) is 8.75. The molecule has 1 unspecified atom stereocenters. The van der Waals surface area contributed by atoms with Crippen LogP contribution in [-0.2, 0) is 11.2 Å². The summed E-state index contributed by atoms with van der Waals surface area (Å²) in [6.07, 6.45) is 1.84. The number of amides is 1. The fourth-order valence-electron chi connectivity index (χ4n) is 3.12. The van der Waals surface area contributed by atoms with Crippen LogP contribution >= 0.6 is 0 Å². The molecular formula is C19H30N2O2. The van der Waals surface area contributed by atoms with E-state index in [0.717, 1.165) is 44.8 Å². The molecule has 1 atom stereocenters. The Balaban J connectivity index is 1.94. The summed E-state index contributed by atoms with van der Waals surface area (Å²) in [5, 5.41) is 3.29. The first kappa shape index (κ1) is 17.8. The molecule has 0 aromatic heterocycles. The van der Waals surface area contributed by atoms with Crippen molar-refractivity contribution in [1.29, 1.82) is 0 Å². The summed E-state index contributed by atoms with van der Waals surface area (Å²) in [4.78, 5) is 14.5. The molecule has 1 heterocycles. The standard InChI is InChI=1S/C19H30N2O2/c1-5-23-18-13-15(3)17(12-16(18)4)7-6-14(2)19(22)21-10-8-20-9-11-21/h12-14,20H,5-11H2,1-4H3. The maximum absolute atomic E-state index is 12.5. The van der Waals surface area contributed by atoms with Crippen LogP contribution in [0.25, 0.3) is 0 Å². The lowest BCUT2D eigenvalue weighted by Gasteiger charge is -2.30. The maximum atomic E-state index is 12.5. The summed E-state index contributed by atoms with van der Waals surface area (Å²) in [5.41, 5.74) is 3.75. The molecule has 0 radical (unpaired) electrons. The molecule has 1 N–H and O–H groups in total. The van der Waals surface area contributed by atoms with Gasteiger partial charge in [-0.05, 0) is 56.4 Å². The molecule has 1 fully saturated rings. The van der Waals surface area contributed by atoms with Crippen molar-refractivity contribution >= 4 is 5.91 Å². The number of nitrogens with zero attached hydrogens (tertiary/aromatic N) is 1. The highest BCUT2D eigenvalue weighted by molar-refractivity contribution is 5.78. The van der Waals surface area contributed by atoms with Gasteiger partial charge in [0.05, 0.1) is 6.61 Å². The van der Waals surface area contributed by atoms with E-state index >= 15 is 0 Å². The summed E-state index contributed by atoms with van der Waals surface area (Å²) in [6, 6.07) is 4.33. The van der Waals surface area contributed by atoms with Gasteiger partial charge in [0.2, 0.25) is 5.91 Å². The monoisotopic (exact) mass is 318 g/mol. The van der Waals surface area contributed by atoms with Gasteiger partial charge < -0.3 is 15.0 Å². The molecule has 0 saturated carbocycles. The smallest absolute Gasteiger partial charge is 0.225 e. The van der Waals surface area contributed by atoms with Crippen LogP contribution in [0.2, 0.25) is 0 Å². The third kappa shape index (κ3) is 4.71. The van der Waals surface area contributed by atoms with Gasteiger partial charge in [0.25, 0.3) is 0 Å². The van der Waals surface area contributed by atoms with Crippen molar-refractivity contribution in [2.24, 2.45) is 5.92 Å². The second-order valence-electron chi connectivity index (χ2n) is 6.49. The van der Waals surface area contributed by atoms with Crippen molar-refractivity contribution in [2.75, 3.05) is 32.8 Å². The van der Waals surface area contributed by atoms with Gasteiger partial charge in [-0.15, -0.1) is 0 Å². The molecule has 0 aliphatic carbocycles. The minimum absolute atomic E-state index is 0.0828. The highest BCUT2D eigenvalue weighted by Gasteiger charge is 2.21. The molecule has 2 rings (SSSR count). The fraction of sp³-hybridized carbons (Fsp3) is 0.632. The summed E-state index contributed by atoms with van der Waals surface area (Å²) in [7, 11) is 0. The molecule has 0 spiro atoms. The average molecular weight is 318 g/mol. The lowest BCUT2D eigenvalue weighted by molar-refractivity contribution is -0.135. The predicted molar refractivity (Wildman–Crippen MR) is 94.0 cm³/mol. The van der Waals surface area contributed by atoms with Crippen LogP contribution in [-0.4, -0.2) is 43.6 Å². The first-order chi connectivity index (χ1) is 11.0. The molecule has 1 aromatic carbocycles. The molecule has 4 heteroatoms. The average Bonchev–Trinajstić information content (AvgIpc) is 2.56. The number of ether oxygens (including phenoxy) is 1. The van der Waals surface area contributed by atoms with Crippen molar-refractivity contribution in [3.05, 3.63) is 28.8 Å². The summed E-state index contributed by atoms with van der Waals surface area (Å²) < 4.78 is 5.65. The van der Waals surface area contributed by atoms with Crippen LogP contribution in [0.5, 0.6) is 5.75 Å². The number of rotatable bonds is 6. The van der Waals surface area contributed by atoms with Crippen molar-refractivity contribution in [2.45, 2.75) is 40.5 Å². The van der Waals surface area contributed by atoms with Gasteiger partial charge in [0.15, 0.2) is 0 Å². The number of carbonyl (C=O) groups excluding carboxylic acids is 1. The van der Waals surface area contributed by atoms with Crippen molar-refractivity contribution < 1.29 is 9.53 Å². The summed E-state index contributed by atoms with van der Waals surface area (Å²) in [6.45, 7) is 12.5. The summed E-state index contributed by atoms with van der Waals surface area (Å²) >= 11 is 0. The zero-order chi connectivity index (χ0) is 16.8. The normalized spacial score (nSPS) is 16.3. The van der Waals surface area contributed by atoms with Crippen LogP contribution in [0.15, 0.2) is 12.1 Å². The first-order valence-electron chi connectivity index (χ1n) is 8.75. The summed E-state index contributed by atoms with van der Waals surface area (Å²) in [5.74, 6) is 1.35. The third-order valence-electron chi connectivity index (χ3n) is 4.63. The van der Waals surface area contributed by atoms with Crippen molar-refractivity contribution in [1.82, 2.24) is 10.2 Å². The molecule has 0 bridgehead atoms. The molecule has 1 saturated heterocycles. The Labute approximate surface area is 140 Å². The van der Waals surface area contributed by atoms with Gasteiger partial charge in [-0.1, -0.05) is 13.0 Å². The quantitative estimate of drug-likeness (QED) is 0.877. The zero-order valence-corrected chi connectivity index (χ0v) is 14.9. The SMILES string of the molecule is CCOc1cc(C)c(CCC(C)C(=O)N2CCNCC2)cc1C. The minimum atomic E-state index is 0.0828. The molecule has 1 aromatic rings. The molecule has 23 heavy (non-hydrogen) atoms. The van der Waals surface area contributed by atoms with E-state index in [4.69, 9.17) is 4.74 Å². The molecule has 1 aliphatic rings. The zero-order valence-electron chi connectivity index (χ0n) is 14.9. The number of nitrogens with one attached hydrogen (secondary N) is 1. The van der Waals surface area contributed by atoms with Gasteiger partial charge in [-0.2, -0.15) is 0 Å².